The van der Waals surface area contributed by atoms with Gasteiger partial charge in [0, 0.05) is 30.4 Å². The van der Waals surface area contributed by atoms with Crippen molar-refractivity contribution in [1.29, 1.82) is 0 Å². The first-order chi connectivity index (χ1) is 9.69. The Morgan fingerprint density at radius 2 is 2.05 bits per heavy atom. The normalized spacial score (nSPS) is 13.6. The van der Waals surface area contributed by atoms with Gasteiger partial charge in [0.25, 0.3) is 0 Å². The number of rotatable bonds is 7. The van der Waals surface area contributed by atoms with Gasteiger partial charge in [-0.15, -0.1) is 0 Å². The average molecular weight is 317 g/mol. The van der Waals surface area contributed by atoms with E-state index in [1.54, 1.807) is 0 Å². The molecule has 1 unspecified atom stereocenters. The predicted octanol–water partition coefficient (Wildman–Crippen LogP) is 1.72. The van der Waals surface area contributed by atoms with E-state index in [1.165, 1.54) is 13.0 Å². The number of nitrogens with two attached hydrogens (primary N) is 1. The SMILES string of the molecule is CCC(C)N(C)CCNS(=O)(=O)c1cc(N)c(C)c(F)c1. The number of nitrogen functional groups attached to an aromatic ring is 1. The first-order valence-corrected chi connectivity index (χ1v) is 8.43. The number of benzene rings is 1. The number of nitrogens with zero attached hydrogens (tertiary/aromatic N) is 1. The quantitative estimate of drug-likeness (QED) is 0.751. The standard InChI is InChI=1S/C14H24FN3O2S/c1-5-10(2)18(4)7-6-17-21(19,20)12-8-13(15)11(3)14(16)9-12/h8-10,17H,5-7,16H2,1-4H3. The fourth-order valence-corrected chi connectivity index (χ4v) is 2.87. The molecule has 0 fully saturated rings. The summed E-state index contributed by atoms with van der Waals surface area (Å²) in [6.07, 6.45) is 0.989. The van der Waals surface area contributed by atoms with Crippen LogP contribution in [0.1, 0.15) is 25.8 Å². The lowest BCUT2D eigenvalue weighted by atomic mass is 10.2. The summed E-state index contributed by atoms with van der Waals surface area (Å²) in [6.45, 7) is 6.50. The van der Waals surface area contributed by atoms with Crippen LogP contribution in [0.3, 0.4) is 0 Å². The smallest absolute Gasteiger partial charge is 0.240 e. The van der Waals surface area contributed by atoms with E-state index >= 15 is 0 Å². The highest BCUT2D eigenvalue weighted by molar-refractivity contribution is 7.89. The van der Waals surface area contributed by atoms with Gasteiger partial charge in [-0.2, -0.15) is 0 Å². The van der Waals surface area contributed by atoms with Crippen LogP contribution in [0.4, 0.5) is 10.1 Å². The van der Waals surface area contributed by atoms with Crippen LogP contribution < -0.4 is 10.5 Å². The lowest BCUT2D eigenvalue weighted by Gasteiger charge is -2.23. The van der Waals surface area contributed by atoms with Gasteiger partial charge in [0.05, 0.1) is 4.90 Å². The second-order valence-corrected chi connectivity index (χ2v) is 7.02. The van der Waals surface area contributed by atoms with Crippen molar-refractivity contribution in [3.8, 4) is 0 Å². The maximum atomic E-state index is 13.6. The molecule has 0 aliphatic carbocycles. The van der Waals surface area contributed by atoms with Gasteiger partial charge in [0.1, 0.15) is 5.82 Å². The molecule has 0 saturated carbocycles. The van der Waals surface area contributed by atoms with E-state index in [9.17, 15) is 12.8 Å². The van der Waals surface area contributed by atoms with Crippen LogP contribution in [0.2, 0.25) is 0 Å². The molecule has 120 valence electrons. The van der Waals surface area contributed by atoms with Crippen molar-refractivity contribution in [3.63, 3.8) is 0 Å². The van der Waals surface area contributed by atoms with E-state index in [0.29, 0.717) is 12.6 Å². The number of anilines is 1. The minimum absolute atomic E-state index is 0.132. The van der Waals surface area contributed by atoms with Crippen LogP contribution in [-0.2, 0) is 10.0 Å². The molecule has 0 aliphatic rings. The Bertz CT molecular complexity index is 567. The maximum absolute atomic E-state index is 13.6. The van der Waals surface area contributed by atoms with Crippen molar-refractivity contribution < 1.29 is 12.8 Å². The van der Waals surface area contributed by atoms with Gasteiger partial charge in [0.15, 0.2) is 0 Å². The zero-order valence-electron chi connectivity index (χ0n) is 13.0. The third-order valence-electron chi connectivity index (χ3n) is 3.77. The summed E-state index contributed by atoms with van der Waals surface area (Å²) < 4.78 is 40.3. The molecule has 1 atom stereocenters. The second kappa shape index (κ2) is 7.20. The number of likely N-dealkylation sites (N-methyl/N-ethyl adjacent to an activating group) is 1. The van der Waals surface area contributed by atoms with E-state index in [0.717, 1.165) is 12.5 Å². The molecule has 21 heavy (non-hydrogen) atoms. The van der Waals surface area contributed by atoms with Crippen LogP contribution >= 0.6 is 0 Å². The van der Waals surface area contributed by atoms with Crippen LogP contribution in [-0.4, -0.2) is 39.5 Å². The molecule has 0 heterocycles. The minimum Gasteiger partial charge on any atom is -0.398 e. The second-order valence-electron chi connectivity index (χ2n) is 5.25. The Hall–Kier alpha value is -1.18. The summed E-state index contributed by atoms with van der Waals surface area (Å²) in [7, 11) is -1.81. The molecule has 7 heteroatoms. The molecule has 0 aromatic heterocycles. The topological polar surface area (TPSA) is 75.4 Å². The van der Waals surface area contributed by atoms with Gasteiger partial charge in [-0.1, -0.05) is 6.92 Å². The lowest BCUT2D eigenvalue weighted by molar-refractivity contribution is 0.256. The molecule has 0 radical (unpaired) electrons. The molecule has 5 nitrogen and oxygen atoms in total. The predicted molar refractivity (Wildman–Crippen MR) is 83.1 cm³/mol. The minimum atomic E-state index is -3.75. The zero-order chi connectivity index (χ0) is 16.2. The van der Waals surface area contributed by atoms with E-state index in [-0.39, 0.29) is 22.7 Å². The Kier molecular flexibility index (Phi) is 6.12. The summed E-state index contributed by atoms with van der Waals surface area (Å²) >= 11 is 0. The van der Waals surface area contributed by atoms with Crippen molar-refractivity contribution in [2.45, 2.75) is 38.1 Å². The molecule has 1 aromatic rings. The summed E-state index contributed by atoms with van der Waals surface area (Å²) in [6, 6.07) is 2.65. The van der Waals surface area contributed by atoms with Crippen LogP contribution in [0.25, 0.3) is 0 Å². The number of nitrogens with one attached hydrogen (secondary N) is 1. The van der Waals surface area contributed by atoms with Gasteiger partial charge in [-0.3, -0.25) is 0 Å². The van der Waals surface area contributed by atoms with Crippen molar-refractivity contribution in [1.82, 2.24) is 9.62 Å². The highest BCUT2D eigenvalue weighted by Gasteiger charge is 2.17. The molecular weight excluding hydrogens is 293 g/mol. The summed E-state index contributed by atoms with van der Waals surface area (Å²) in [5.41, 5.74) is 6.00. The zero-order valence-corrected chi connectivity index (χ0v) is 13.8. The lowest BCUT2D eigenvalue weighted by Crippen LogP contribution is -2.37. The molecule has 1 aromatic carbocycles. The van der Waals surface area contributed by atoms with Crippen molar-refractivity contribution in [2.24, 2.45) is 0 Å². The van der Waals surface area contributed by atoms with Crippen molar-refractivity contribution in [2.75, 3.05) is 25.9 Å². The first-order valence-electron chi connectivity index (χ1n) is 6.94. The number of hydrogen-bond donors (Lipinski definition) is 2. The van der Waals surface area contributed by atoms with E-state index < -0.39 is 15.8 Å². The Balaban J connectivity index is 2.75. The summed E-state index contributed by atoms with van der Waals surface area (Å²) in [4.78, 5) is 1.92. The van der Waals surface area contributed by atoms with Crippen molar-refractivity contribution >= 4 is 15.7 Å². The van der Waals surface area contributed by atoms with Gasteiger partial charge < -0.3 is 10.6 Å². The largest absolute Gasteiger partial charge is 0.398 e. The van der Waals surface area contributed by atoms with E-state index in [1.807, 2.05) is 7.05 Å². The highest BCUT2D eigenvalue weighted by atomic mass is 32.2. The van der Waals surface area contributed by atoms with E-state index in [2.05, 4.69) is 23.5 Å². The third-order valence-corrected chi connectivity index (χ3v) is 5.21. The van der Waals surface area contributed by atoms with Crippen molar-refractivity contribution in [3.05, 3.63) is 23.5 Å². The van der Waals surface area contributed by atoms with Gasteiger partial charge in [0.2, 0.25) is 10.0 Å². The molecule has 0 amide bonds. The Morgan fingerprint density at radius 3 is 2.57 bits per heavy atom. The molecule has 0 aliphatic heterocycles. The average Bonchev–Trinajstić information content (AvgIpc) is 2.42. The summed E-state index contributed by atoms with van der Waals surface area (Å²) in [5.74, 6) is -0.618. The van der Waals surface area contributed by atoms with Crippen LogP contribution in [0.15, 0.2) is 17.0 Å². The fraction of sp³-hybridized carbons (Fsp3) is 0.571. The van der Waals surface area contributed by atoms with E-state index in [4.69, 9.17) is 5.73 Å². The van der Waals surface area contributed by atoms with Gasteiger partial charge in [-0.05, 0) is 39.4 Å². The molecule has 3 N–H and O–H groups in total. The van der Waals surface area contributed by atoms with Crippen LogP contribution in [0, 0.1) is 12.7 Å². The maximum Gasteiger partial charge on any atom is 0.240 e. The monoisotopic (exact) mass is 317 g/mol. The number of halogens is 1. The van der Waals surface area contributed by atoms with Crippen LogP contribution in [0.5, 0.6) is 0 Å². The molecule has 0 spiro atoms. The highest BCUT2D eigenvalue weighted by Crippen LogP contribution is 2.20. The van der Waals surface area contributed by atoms with Gasteiger partial charge in [-0.25, -0.2) is 17.5 Å². The molecule has 0 bridgehead atoms. The molecule has 0 saturated heterocycles. The fourth-order valence-electron chi connectivity index (χ4n) is 1.80. The third kappa shape index (κ3) is 4.66. The molecular formula is C14H24FN3O2S. The number of sulfonamides is 1. The molecule has 1 rings (SSSR count). The Morgan fingerprint density at radius 1 is 1.43 bits per heavy atom. The summed E-state index contributed by atoms with van der Waals surface area (Å²) in [5, 5.41) is 0. The number of hydrogen-bond acceptors (Lipinski definition) is 4. The first kappa shape index (κ1) is 17.9. The Labute approximate surface area is 126 Å². The van der Waals surface area contributed by atoms with Gasteiger partial charge >= 0.3 is 0 Å².